The molecule has 0 aromatic heterocycles. The molecular formula is C32H45N3O8. The first-order chi connectivity index (χ1) is 20.3. The molecule has 0 saturated carbocycles. The van der Waals surface area contributed by atoms with Crippen molar-refractivity contribution in [3.63, 3.8) is 0 Å². The normalized spacial score (nSPS) is 31.4. The number of fused-ring (bicyclic) bond motifs is 2. The minimum Gasteiger partial charge on any atom is -0.439 e. The quantitative estimate of drug-likeness (QED) is 0.265. The van der Waals surface area contributed by atoms with Gasteiger partial charge in [0.25, 0.3) is 5.91 Å². The lowest BCUT2D eigenvalue weighted by Gasteiger charge is -2.30. The largest absolute Gasteiger partial charge is 0.439 e. The average Bonchev–Trinajstić information content (AvgIpc) is 2.96. The monoisotopic (exact) mass is 599 g/mol. The summed E-state index contributed by atoms with van der Waals surface area (Å²) in [4.78, 5) is 52.0. The van der Waals surface area contributed by atoms with Gasteiger partial charge in [-0.1, -0.05) is 44.2 Å². The van der Waals surface area contributed by atoms with Gasteiger partial charge >= 0.3 is 6.09 Å². The number of carbonyl (C=O) groups is 4. The molecule has 1 aliphatic carbocycles. The molecule has 2 amide bonds. The fourth-order valence-electron chi connectivity index (χ4n) is 5.17. The predicted octanol–water partition coefficient (Wildman–Crippen LogP) is 2.93. The molecule has 0 fully saturated rings. The Morgan fingerprint density at radius 2 is 1.84 bits per heavy atom. The van der Waals surface area contributed by atoms with Gasteiger partial charge in [-0.25, -0.2) is 4.79 Å². The third-order valence-electron chi connectivity index (χ3n) is 7.61. The van der Waals surface area contributed by atoms with Crippen LogP contribution in [0.3, 0.4) is 0 Å². The molecule has 1 aliphatic heterocycles. The second-order valence-electron chi connectivity index (χ2n) is 11.0. The van der Waals surface area contributed by atoms with E-state index in [1.807, 2.05) is 6.92 Å². The number of amides is 2. The van der Waals surface area contributed by atoms with Gasteiger partial charge in [0.05, 0.1) is 23.6 Å². The summed E-state index contributed by atoms with van der Waals surface area (Å²) in [5.41, 5.74) is 6.62. The fraction of sp³-hybridized carbons (Fsp3) is 0.500. The van der Waals surface area contributed by atoms with Crippen molar-refractivity contribution in [3.05, 3.63) is 70.6 Å². The Morgan fingerprint density at radius 3 is 2.42 bits per heavy atom. The molecule has 0 aromatic carbocycles. The lowest BCUT2D eigenvalue weighted by molar-refractivity contribution is -0.120. The van der Waals surface area contributed by atoms with Gasteiger partial charge in [-0.3, -0.25) is 14.4 Å². The second kappa shape index (κ2) is 16.2. The number of hydrogen-bond donors (Lipinski definition) is 4. The third kappa shape index (κ3) is 9.09. The lowest BCUT2D eigenvalue weighted by atomic mass is 9.83. The van der Waals surface area contributed by atoms with Crippen molar-refractivity contribution in [3.8, 4) is 0 Å². The Balaban J connectivity index is 2.67. The first-order valence-electron chi connectivity index (χ1n) is 14.2. The number of ether oxygens (including phenoxy) is 3. The van der Waals surface area contributed by atoms with Crippen LogP contribution in [0.4, 0.5) is 4.79 Å². The van der Waals surface area contributed by atoms with Crippen LogP contribution in [0, 0.1) is 11.8 Å². The van der Waals surface area contributed by atoms with Gasteiger partial charge in [-0.05, 0) is 45.1 Å². The zero-order valence-electron chi connectivity index (χ0n) is 26.1. The number of carbonyl (C=O) groups excluding carboxylic acids is 4. The SMILES string of the molecule is C=CCNC1=C2C[C@@H](C)C[C@H](OC)[C@H](O)[C@@H](C)/C=C(/C)[C@H](OC(N)=O)[C@@H](OC)/C=C\C=C(\C)C(=O)NC(=C(C)C1=O)C2=O. The number of hydrogen-bond acceptors (Lipinski definition) is 9. The van der Waals surface area contributed by atoms with Gasteiger partial charge in [0.15, 0.2) is 6.10 Å². The van der Waals surface area contributed by atoms with Gasteiger partial charge in [-0.2, -0.15) is 0 Å². The van der Waals surface area contributed by atoms with Crippen LogP contribution in [0.1, 0.15) is 47.5 Å². The van der Waals surface area contributed by atoms with E-state index in [0.29, 0.717) is 12.0 Å². The molecule has 43 heavy (non-hydrogen) atoms. The van der Waals surface area contributed by atoms with E-state index < -0.39 is 53.9 Å². The van der Waals surface area contributed by atoms with E-state index in [0.717, 1.165) is 0 Å². The molecule has 0 radical (unpaired) electrons. The van der Waals surface area contributed by atoms with Gasteiger partial charge in [0.1, 0.15) is 6.10 Å². The average molecular weight is 600 g/mol. The maximum atomic E-state index is 13.8. The number of aliphatic hydroxyl groups excluding tert-OH is 1. The molecule has 2 rings (SSSR count). The number of methoxy groups -OCH3 is 2. The van der Waals surface area contributed by atoms with Crippen molar-refractivity contribution >= 4 is 23.6 Å². The van der Waals surface area contributed by atoms with E-state index >= 15 is 0 Å². The topological polar surface area (TPSA) is 166 Å². The molecule has 11 nitrogen and oxygen atoms in total. The lowest BCUT2D eigenvalue weighted by Crippen LogP contribution is -2.39. The third-order valence-corrected chi connectivity index (χ3v) is 7.61. The van der Waals surface area contributed by atoms with Crippen LogP contribution in [0.15, 0.2) is 70.6 Å². The summed E-state index contributed by atoms with van der Waals surface area (Å²) in [6, 6.07) is 0. The van der Waals surface area contributed by atoms with Crippen molar-refractivity contribution in [1.29, 1.82) is 0 Å². The second-order valence-corrected chi connectivity index (χ2v) is 11.0. The Morgan fingerprint density at radius 1 is 1.16 bits per heavy atom. The summed E-state index contributed by atoms with van der Waals surface area (Å²) in [6.07, 6.45) is 4.25. The number of allylic oxidation sites excluding steroid dienone is 4. The summed E-state index contributed by atoms with van der Waals surface area (Å²) in [6.45, 7) is 12.4. The van der Waals surface area contributed by atoms with E-state index in [1.165, 1.54) is 27.2 Å². The molecule has 6 atom stereocenters. The summed E-state index contributed by atoms with van der Waals surface area (Å²) in [7, 11) is 2.92. The summed E-state index contributed by atoms with van der Waals surface area (Å²) >= 11 is 0. The Kier molecular flexibility index (Phi) is 13.3. The van der Waals surface area contributed by atoms with E-state index in [1.54, 1.807) is 45.1 Å². The highest BCUT2D eigenvalue weighted by atomic mass is 16.6. The standard InChI is InChI=1S/C32H45N3O8/c1-9-13-34-26-22-14-17(2)15-24(42-8)27(36)19(4)16-20(5)30(43-32(33)40)23(41-7)12-10-11-18(3)31(39)35-25(29(22)38)21(6)28(26)37/h9-12,16-17,19,23-24,27,30,34,36H,1,13-15H2,2-8H3,(H2,33,40)(H,35,39)/b12-10-,18-11-,20-16-/t17-,19+,23+,24+,27-,30+/m1/s1. The first-order valence-corrected chi connectivity index (χ1v) is 14.2. The van der Waals surface area contributed by atoms with E-state index in [2.05, 4.69) is 17.2 Å². The highest BCUT2D eigenvalue weighted by Gasteiger charge is 2.35. The van der Waals surface area contributed by atoms with Crippen molar-refractivity contribution in [2.24, 2.45) is 17.6 Å². The minimum absolute atomic E-state index is 0.0857. The maximum absolute atomic E-state index is 13.8. The molecular weight excluding hydrogens is 554 g/mol. The predicted molar refractivity (Wildman–Crippen MR) is 162 cm³/mol. The molecule has 0 saturated heterocycles. The van der Waals surface area contributed by atoms with Crippen LogP contribution < -0.4 is 16.4 Å². The Hall–Kier alpha value is -3.80. The number of primary amides is 1. The molecule has 0 unspecified atom stereocenters. The van der Waals surface area contributed by atoms with Crippen LogP contribution in [-0.2, 0) is 28.6 Å². The molecule has 1 heterocycles. The van der Waals surface area contributed by atoms with E-state index in [-0.39, 0.29) is 47.0 Å². The van der Waals surface area contributed by atoms with Crippen LogP contribution >= 0.6 is 0 Å². The van der Waals surface area contributed by atoms with Crippen molar-refractivity contribution in [1.82, 2.24) is 10.6 Å². The van der Waals surface area contributed by atoms with Crippen LogP contribution in [0.2, 0.25) is 0 Å². The minimum atomic E-state index is -1.00. The van der Waals surface area contributed by atoms with Crippen molar-refractivity contribution in [2.75, 3.05) is 20.8 Å². The summed E-state index contributed by atoms with van der Waals surface area (Å²) < 4.78 is 16.6. The molecule has 2 aliphatic rings. The number of ketones is 2. The molecule has 236 valence electrons. The number of nitrogens with two attached hydrogens (primary N) is 1. The van der Waals surface area contributed by atoms with Crippen LogP contribution in [-0.4, -0.2) is 73.9 Å². The number of rotatable bonds is 6. The van der Waals surface area contributed by atoms with Gasteiger partial charge in [0.2, 0.25) is 11.6 Å². The van der Waals surface area contributed by atoms with Crippen LogP contribution in [0.5, 0.6) is 0 Å². The smallest absolute Gasteiger partial charge is 0.405 e. The number of Topliss-reactive ketones (excluding diaryl/α,β-unsaturated/α-hetero) is 2. The van der Waals surface area contributed by atoms with Crippen molar-refractivity contribution < 1.29 is 38.5 Å². The van der Waals surface area contributed by atoms with Crippen molar-refractivity contribution in [2.45, 2.75) is 71.9 Å². The number of nitrogens with one attached hydrogen (secondary N) is 2. The summed E-state index contributed by atoms with van der Waals surface area (Å²) in [5.74, 6) is -2.08. The van der Waals surface area contributed by atoms with Gasteiger partial charge in [-0.15, -0.1) is 6.58 Å². The summed E-state index contributed by atoms with van der Waals surface area (Å²) in [5, 5.41) is 16.9. The highest BCUT2D eigenvalue weighted by Crippen LogP contribution is 2.30. The molecule has 5 N–H and O–H groups in total. The maximum Gasteiger partial charge on any atom is 0.405 e. The fourth-order valence-corrected chi connectivity index (χ4v) is 5.17. The zero-order valence-corrected chi connectivity index (χ0v) is 26.1. The first kappa shape index (κ1) is 35.4. The van der Waals surface area contributed by atoms with E-state index in [4.69, 9.17) is 19.9 Å². The Bertz CT molecular complexity index is 1260. The Labute approximate surface area is 253 Å². The zero-order chi connectivity index (χ0) is 32.4. The number of aliphatic hydroxyl groups is 1. The van der Waals surface area contributed by atoms with Crippen LogP contribution in [0.25, 0.3) is 0 Å². The molecule has 0 aromatic rings. The molecule has 2 bridgehead atoms. The van der Waals surface area contributed by atoms with Gasteiger partial charge < -0.3 is 35.7 Å². The molecule has 0 spiro atoms. The van der Waals surface area contributed by atoms with Gasteiger partial charge in [0, 0.05) is 43.4 Å². The van der Waals surface area contributed by atoms with E-state index in [9.17, 15) is 24.3 Å². The molecule has 11 heteroatoms. The highest BCUT2D eigenvalue weighted by molar-refractivity contribution is 6.25.